The summed E-state index contributed by atoms with van der Waals surface area (Å²) in [5, 5.41) is 0. The van der Waals surface area contributed by atoms with Crippen LogP contribution in [0.15, 0.2) is 0 Å². The molecule has 1 aliphatic rings. The summed E-state index contributed by atoms with van der Waals surface area (Å²) >= 11 is 2.48. The molecule has 0 amide bonds. The molecule has 1 nitrogen and oxygen atoms in total. The predicted molar refractivity (Wildman–Crippen MR) is 29.9 cm³/mol. The van der Waals surface area contributed by atoms with E-state index in [2.05, 4.69) is 22.2 Å². The first-order valence-electron chi connectivity index (χ1n) is 2.31. The Morgan fingerprint density at radius 1 is 1.86 bits per heavy atom. The third-order valence-corrected chi connectivity index (χ3v) is 5.52. The SMILES string of the molecule is CC1CSC[I-]N1. The average Bonchev–Trinajstić information content (AvgIpc) is 1.69. The van der Waals surface area contributed by atoms with Crippen LogP contribution in [0.5, 0.6) is 0 Å². The van der Waals surface area contributed by atoms with Crippen molar-refractivity contribution in [1.29, 1.82) is 0 Å². The van der Waals surface area contributed by atoms with Gasteiger partial charge in [-0.3, -0.25) is 0 Å². The predicted octanol–water partition coefficient (Wildman–Crippen LogP) is -2.33. The van der Waals surface area contributed by atoms with Gasteiger partial charge in [0.15, 0.2) is 0 Å². The van der Waals surface area contributed by atoms with E-state index in [0.29, 0.717) is 21.5 Å². The molecule has 0 radical (unpaired) electrons. The maximum atomic E-state index is 3.47. The van der Waals surface area contributed by atoms with Gasteiger partial charge in [-0.15, -0.1) is 0 Å². The van der Waals surface area contributed by atoms with E-state index in [1.54, 1.807) is 0 Å². The molecule has 1 N–H and O–H groups in total. The first-order valence-corrected chi connectivity index (χ1v) is 6.07. The Bertz CT molecular complexity index is 53.7. The van der Waals surface area contributed by atoms with E-state index in [0.717, 1.165) is 6.04 Å². The van der Waals surface area contributed by atoms with Crippen molar-refractivity contribution < 1.29 is 21.5 Å². The zero-order valence-corrected chi connectivity index (χ0v) is 7.25. The molecule has 3 heteroatoms. The van der Waals surface area contributed by atoms with Crippen LogP contribution in [0.2, 0.25) is 0 Å². The van der Waals surface area contributed by atoms with Crippen LogP contribution < -0.4 is 25.0 Å². The van der Waals surface area contributed by atoms with E-state index in [9.17, 15) is 0 Å². The van der Waals surface area contributed by atoms with Gasteiger partial charge in [0.2, 0.25) is 0 Å². The van der Waals surface area contributed by atoms with Crippen LogP contribution in [0, 0.1) is 0 Å². The number of alkyl halides is 1. The van der Waals surface area contributed by atoms with Gasteiger partial charge in [-0.2, -0.15) is 0 Å². The first kappa shape index (κ1) is 6.16. The maximum absolute atomic E-state index is 3.47. The standard InChI is InChI=1S/C4H9INS/c1-4-2-7-3-5-6-4/h4,6H,2-3H2,1H3/q-1. The van der Waals surface area contributed by atoms with Gasteiger partial charge in [-0.05, 0) is 0 Å². The molecule has 1 heterocycles. The van der Waals surface area contributed by atoms with E-state index in [-0.39, 0.29) is 0 Å². The second-order valence-electron chi connectivity index (χ2n) is 1.62. The summed E-state index contributed by atoms with van der Waals surface area (Å²) in [7, 11) is 0. The fourth-order valence-corrected chi connectivity index (χ4v) is 4.35. The molecule has 1 unspecified atom stereocenters. The van der Waals surface area contributed by atoms with Gasteiger partial charge in [0.1, 0.15) is 0 Å². The molecule has 1 rings (SSSR count). The number of thioether (sulfide) groups is 1. The second kappa shape index (κ2) is 3.14. The van der Waals surface area contributed by atoms with Gasteiger partial charge >= 0.3 is 59.2 Å². The Balaban J connectivity index is 2.12. The molecule has 1 saturated heterocycles. The summed E-state index contributed by atoms with van der Waals surface area (Å²) in [4.78, 5) is 0. The Morgan fingerprint density at radius 2 is 2.71 bits per heavy atom. The molecular formula is C4H9INS-. The topological polar surface area (TPSA) is 12.0 Å². The van der Waals surface area contributed by atoms with Crippen molar-refractivity contribution in [1.82, 2.24) is 3.53 Å². The third-order valence-electron chi connectivity index (χ3n) is 0.763. The van der Waals surface area contributed by atoms with Crippen LogP contribution in [0.25, 0.3) is 0 Å². The molecule has 0 aromatic rings. The quantitative estimate of drug-likeness (QED) is 0.285. The Kier molecular flexibility index (Phi) is 2.77. The van der Waals surface area contributed by atoms with E-state index >= 15 is 0 Å². The molecule has 1 atom stereocenters. The number of hydrogen-bond donors (Lipinski definition) is 1. The van der Waals surface area contributed by atoms with Crippen molar-refractivity contribution in [3.05, 3.63) is 0 Å². The molecule has 44 valence electrons. The van der Waals surface area contributed by atoms with Crippen molar-refractivity contribution in [2.75, 3.05) is 9.51 Å². The van der Waals surface area contributed by atoms with Crippen molar-refractivity contribution in [3.8, 4) is 0 Å². The van der Waals surface area contributed by atoms with E-state index in [1.807, 2.05) is 0 Å². The van der Waals surface area contributed by atoms with Crippen LogP contribution in [-0.4, -0.2) is 15.6 Å². The van der Waals surface area contributed by atoms with E-state index in [1.165, 1.54) is 9.51 Å². The number of nitrogens with one attached hydrogen (secondary N) is 1. The van der Waals surface area contributed by atoms with Crippen LogP contribution in [0.4, 0.5) is 0 Å². The van der Waals surface area contributed by atoms with Crippen LogP contribution in [-0.2, 0) is 0 Å². The average molecular weight is 230 g/mol. The fourth-order valence-electron chi connectivity index (χ4n) is 0.455. The summed E-state index contributed by atoms with van der Waals surface area (Å²) in [6.07, 6.45) is 0. The first-order chi connectivity index (χ1) is 3.39. The van der Waals surface area contributed by atoms with Crippen molar-refractivity contribution in [2.45, 2.75) is 13.0 Å². The van der Waals surface area contributed by atoms with Crippen molar-refractivity contribution >= 4 is 11.8 Å². The van der Waals surface area contributed by atoms with Gasteiger partial charge in [-0.25, -0.2) is 0 Å². The summed E-state index contributed by atoms with van der Waals surface area (Å²) < 4.78 is 4.88. The van der Waals surface area contributed by atoms with Crippen LogP contribution in [0.3, 0.4) is 0 Å². The summed E-state index contributed by atoms with van der Waals surface area (Å²) in [6, 6.07) is 0.798. The zero-order chi connectivity index (χ0) is 5.11. The zero-order valence-electron chi connectivity index (χ0n) is 4.28. The summed E-state index contributed by atoms with van der Waals surface area (Å²) in [6.45, 7) is 2.26. The normalized spacial score (nSPS) is 34.1. The third kappa shape index (κ3) is 2.19. The fraction of sp³-hybridized carbons (Fsp3) is 1.00. The minimum absolute atomic E-state index is 0.387. The van der Waals surface area contributed by atoms with Gasteiger partial charge in [0, 0.05) is 0 Å². The molecule has 0 saturated carbocycles. The molecule has 0 aromatic heterocycles. The summed E-state index contributed by atoms with van der Waals surface area (Å²) in [5.74, 6) is 1.32. The minimum atomic E-state index is 0.387. The molecule has 0 aromatic carbocycles. The van der Waals surface area contributed by atoms with Crippen molar-refractivity contribution in [3.63, 3.8) is 0 Å². The molecule has 0 spiro atoms. The number of halogens is 1. The van der Waals surface area contributed by atoms with Crippen LogP contribution >= 0.6 is 11.8 Å². The number of hydrogen-bond acceptors (Lipinski definition) is 2. The van der Waals surface area contributed by atoms with Gasteiger partial charge < -0.3 is 0 Å². The van der Waals surface area contributed by atoms with Gasteiger partial charge in [-0.1, -0.05) is 0 Å². The molecule has 0 aliphatic carbocycles. The van der Waals surface area contributed by atoms with Gasteiger partial charge in [0.25, 0.3) is 0 Å². The summed E-state index contributed by atoms with van der Waals surface area (Å²) in [5.41, 5.74) is 0. The Hall–Kier alpha value is 1.04. The molecule has 7 heavy (non-hydrogen) atoms. The Morgan fingerprint density at radius 3 is 3.00 bits per heavy atom. The van der Waals surface area contributed by atoms with Crippen LogP contribution in [0.1, 0.15) is 6.92 Å². The second-order valence-corrected chi connectivity index (χ2v) is 5.84. The van der Waals surface area contributed by atoms with Crippen molar-refractivity contribution in [2.24, 2.45) is 0 Å². The molecule has 0 bridgehead atoms. The Labute approximate surface area is 59.2 Å². The molecule has 1 aliphatic heterocycles. The van der Waals surface area contributed by atoms with E-state index in [4.69, 9.17) is 0 Å². The molecular weight excluding hydrogens is 221 g/mol. The van der Waals surface area contributed by atoms with Gasteiger partial charge in [0.05, 0.1) is 0 Å². The number of rotatable bonds is 0. The van der Waals surface area contributed by atoms with E-state index < -0.39 is 0 Å². The monoisotopic (exact) mass is 230 g/mol. The molecule has 1 fully saturated rings.